The van der Waals surface area contributed by atoms with Crippen LogP contribution in [0.1, 0.15) is 55.0 Å². The molecule has 0 aliphatic carbocycles. The third kappa shape index (κ3) is 3.41. The van der Waals surface area contributed by atoms with Gasteiger partial charge in [-0.1, -0.05) is 44.2 Å². The highest BCUT2D eigenvalue weighted by Crippen LogP contribution is 2.24. The molecule has 0 saturated carbocycles. The molecule has 0 aliphatic heterocycles. The molecular weight excluding hydrogens is 242 g/mol. The van der Waals surface area contributed by atoms with Crippen LogP contribution in [0.3, 0.4) is 0 Å². The first-order valence-corrected chi connectivity index (χ1v) is 7.41. The van der Waals surface area contributed by atoms with Crippen molar-refractivity contribution >= 4 is 5.69 Å². The summed E-state index contributed by atoms with van der Waals surface area (Å²) in [6.07, 6.45) is 0. The maximum atomic E-state index is 3.60. The van der Waals surface area contributed by atoms with Gasteiger partial charge in [-0.15, -0.1) is 0 Å². The van der Waals surface area contributed by atoms with Crippen molar-refractivity contribution < 1.29 is 0 Å². The third-order valence-electron chi connectivity index (χ3n) is 3.97. The van der Waals surface area contributed by atoms with Crippen molar-refractivity contribution in [1.29, 1.82) is 0 Å². The molecule has 1 unspecified atom stereocenters. The fourth-order valence-corrected chi connectivity index (χ4v) is 2.35. The van der Waals surface area contributed by atoms with E-state index in [1.54, 1.807) is 0 Å². The van der Waals surface area contributed by atoms with Crippen LogP contribution in [0.25, 0.3) is 0 Å². The van der Waals surface area contributed by atoms with Gasteiger partial charge >= 0.3 is 0 Å². The fourth-order valence-electron chi connectivity index (χ4n) is 2.35. The summed E-state index contributed by atoms with van der Waals surface area (Å²) < 4.78 is 0. The molecule has 20 heavy (non-hydrogen) atoms. The van der Waals surface area contributed by atoms with Crippen LogP contribution in [0.5, 0.6) is 0 Å². The van der Waals surface area contributed by atoms with Gasteiger partial charge in [-0.05, 0) is 61.1 Å². The van der Waals surface area contributed by atoms with Gasteiger partial charge in [-0.25, -0.2) is 0 Å². The Morgan fingerprint density at radius 3 is 2.20 bits per heavy atom. The summed E-state index contributed by atoms with van der Waals surface area (Å²) in [5.41, 5.74) is 6.61. The molecule has 0 radical (unpaired) electrons. The van der Waals surface area contributed by atoms with E-state index < -0.39 is 0 Å². The first-order chi connectivity index (χ1) is 9.47. The summed E-state index contributed by atoms with van der Waals surface area (Å²) in [4.78, 5) is 0. The summed E-state index contributed by atoms with van der Waals surface area (Å²) in [6.45, 7) is 11.0. The van der Waals surface area contributed by atoms with Gasteiger partial charge in [0.15, 0.2) is 0 Å². The second-order valence-electron chi connectivity index (χ2n) is 5.99. The lowest BCUT2D eigenvalue weighted by Gasteiger charge is -2.18. The van der Waals surface area contributed by atoms with Crippen LogP contribution in [-0.2, 0) is 0 Å². The van der Waals surface area contributed by atoms with E-state index in [1.165, 1.54) is 27.9 Å². The molecular formula is C19H25N. The molecule has 1 nitrogen and oxygen atoms in total. The lowest BCUT2D eigenvalue weighted by molar-refractivity contribution is 0.858. The molecule has 0 aliphatic rings. The number of hydrogen-bond donors (Lipinski definition) is 1. The Balaban J connectivity index is 2.16. The maximum absolute atomic E-state index is 3.60. The van der Waals surface area contributed by atoms with Crippen LogP contribution in [0.4, 0.5) is 5.69 Å². The molecule has 106 valence electrons. The molecule has 0 amide bonds. The number of benzene rings is 2. The standard InChI is InChI=1S/C19H25N/c1-13(2)17-7-6-8-19(12-17)20-16(5)18-10-9-14(3)15(4)11-18/h6-13,16,20H,1-5H3. The van der Waals surface area contributed by atoms with Crippen LogP contribution >= 0.6 is 0 Å². The van der Waals surface area contributed by atoms with Crippen molar-refractivity contribution in [3.8, 4) is 0 Å². The van der Waals surface area contributed by atoms with Crippen molar-refractivity contribution in [2.24, 2.45) is 0 Å². The van der Waals surface area contributed by atoms with Crippen molar-refractivity contribution in [1.82, 2.24) is 0 Å². The van der Waals surface area contributed by atoms with Gasteiger partial charge in [0.05, 0.1) is 0 Å². The zero-order chi connectivity index (χ0) is 14.7. The van der Waals surface area contributed by atoms with Crippen LogP contribution in [0, 0.1) is 13.8 Å². The van der Waals surface area contributed by atoms with Crippen molar-refractivity contribution in [3.63, 3.8) is 0 Å². The average molecular weight is 267 g/mol. The zero-order valence-electron chi connectivity index (χ0n) is 13.2. The van der Waals surface area contributed by atoms with Gasteiger partial charge in [0.1, 0.15) is 0 Å². The highest BCUT2D eigenvalue weighted by Gasteiger charge is 2.07. The van der Waals surface area contributed by atoms with E-state index in [1.807, 2.05) is 0 Å². The second-order valence-corrected chi connectivity index (χ2v) is 5.99. The molecule has 1 N–H and O–H groups in total. The smallest absolute Gasteiger partial charge is 0.0485 e. The Labute approximate surface area is 123 Å². The van der Waals surface area contributed by atoms with Crippen LogP contribution in [0.2, 0.25) is 0 Å². The quantitative estimate of drug-likeness (QED) is 0.760. The molecule has 2 rings (SSSR count). The lowest BCUT2D eigenvalue weighted by atomic mass is 10.0. The van der Waals surface area contributed by atoms with Crippen molar-refractivity contribution in [2.75, 3.05) is 5.32 Å². The fraction of sp³-hybridized carbons (Fsp3) is 0.368. The summed E-state index contributed by atoms with van der Waals surface area (Å²) in [5, 5.41) is 3.60. The Kier molecular flexibility index (Phi) is 4.49. The number of anilines is 1. The van der Waals surface area contributed by atoms with Crippen LogP contribution in [0.15, 0.2) is 42.5 Å². The largest absolute Gasteiger partial charge is 0.379 e. The minimum absolute atomic E-state index is 0.316. The van der Waals surface area contributed by atoms with E-state index in [9.17, 15) is 0 Å². The van der Waals surface area contributed by atoms with Crippen LogP contribution < -0.4 is 5.32 Å². The van der Waals surface area contributed by atoms with Gasteiger partial charge in [-0.3, -0.25) is 0 Å². The van der Waals surface area contributed by atoms with E-state index in [2.05, 4.69) is 82.4 Å². The molecule has 1 atom stereocenters. The monoisotopic (exact) mass is 267 g/mol. The Bertz CT molecular complexity index is 584. The minimum Gasteiger partial charge on any atom is -0.379 e. The molecule has 0 bridgehead atoms. The number of aryl methyl sites for hydroxylation is 2. The average Bonchev–Trinajstić information content (AvgIpc) is 2.42. The summed E-state index contributed by atoms with van der Waals surface area (Å²) in [5.74, 6) is 0.564. The lowest BCUT2D eigenvalue weighted by Crippen LogP contribution is -2.07. The van der Waals surface area contributed by atoms with Gasteiger partial charge in [-0.2, -0.15) is 0 Å². The van der Waals surface area contributed by atoms with Gasteiger partial charge in [0.25, 0.3) is 0 Å². The predicted molar refractivity (Wildman–Crippen MR) is 88.5 cm³/mol. The van der Waals surface area contributed by atoms with Crippen LogP contribution in [-0.4, -0.2) is 0 Å². The van der Waals surface area contributed by atoms with E-state index in [0.717, 1.165) is 0 Å². The molecule has 0 heterocycles. The molecule has 0 fully saturated rings. The van der Waals surface area contributed by atoms with Gasteiger partial charge in [0, 0.05) is 11.7 Å². The summed E-state index contributed by atoms with van der Waals surface area (Å²) in [7, 11) is 0. The van der Waals surface area contributed by atoms with E-state index >= 15 is 0 Å². The highest BCUT2D eigenvalue weighted by atomic mass is 14.9. The zero-order valence-corrected chi connectivity index (χ0v) is 13.2. The second kappa shape index (κ2) is 6.13. The molecule has 1 heteroatoms. The minimum atomic E-state index is 0.316. The molecule has 0 saturated heterocycles. The molecule has 0 aromatic heterocycles. The van der Waals surface area contributed by atoms with E-state index in [0.29, 0.717) is 12.0 Å². The third-order valence-corrected chi connectivity index (χ3v) is 3.97. The maximum Gasteiger partial charge on any atom is 0.0485 e. The Morgan fingerprint density at radius 1 is 0.800 bits per heavy atom. The van der Waals surface area contributed by atoms with Gasteiger partial charge < -0.3 is 5.32 Å². The SMILES string of the molecule is Cc1ccc(C(C)Nc2cccc(C(C)C)c2)cc1C. The summed E-state index contributed by atoms with van der Waals surface area (Å²) in [6, 6.07) is 15.7. The van der Waals surface area contributed by atoms with E-state index in [-0.39, 0.29) is 0 Å². The van der Waals surface area contributed by atoms with Crippen molar-refractivity contribution in [3.05, 3.63) is 64.7 Å². The Hall–Kier alpha value is -1.76. The normalized spacial score (nSPS) is 12.5. The Morgan fingerprint density at radius 2 is 1.55 bits per heavy atom. The van der Waals surface area contributed by atoms with Gasteiger partial charge in [0.2, 0.25) is 0 Å². The van der Waals surface area contributed by atoms with E-state index in [4.69, 9.17) is 0 Å². The summed E-state index contributed by atoms with van der Waals surface area (Å²) >= 11 is 0. The first-order valence-electron chi connectivity index (χ1n) is 7.41. The number of nitrogens with one attached hydrogen (secondary N) is 1. The number of hydrogen-bond acceptors (Lipinski definition) is 1. The first kappa shape index (κ1) is 14.6. The number of rotatable bonds is 4. The molecule has 2 aromatic carbocycles. The topological polar surface area (TPSA) is 12.0 Å². The predicted octanol–water partition coefficient (Wildman–Crippen LogP) is 5.60. The molecule has 0 spiro atoms. The molecule has 2 aromatic rings. The van der Waals surface area contributed by atoms with Crippen molar-refractivity contribution in [2.45, 2.75) is 46.6 Å². The highest BCUT2D eigenvalue weighted by molar-refractivity contribution is 5.48.